The van der Waals surface area contributed by atoms with Gasteiger partial charge in [0.1, 0.15) is 0 Å². The molecule has 1 aliphatic rings. The highest BCUT2D eigenvalue weighted by molar-refractivity contribution is 5.94. The van der Waals surface area contributed by atoms with Crippen molar-refractivity contribution in [2.24, 2.45) is 0 Å². The van der Waals surface area contributed by atoms with Crippen LogP contribution in [-0.2, 0) is 17.8 Å². The molecule has 130 valence electrons. The minimum atomic E-state index is -1.02. The van der Waals surface area contributed by atoms with Crippen molar-refractivity contribution < 1.29 is 19.4 Å². The molecule has 1 N–H and O–H groups in total. The van der Waals surface area contributed by atoms with Gasteiger partial charge >= 0.3 is 12.0 Å². The summed E-state index contributed by atoms with van der Waals surface area (Å²) in [6.45, 7) is 1.79. The van der Waals surface area contributed by atoms with Gasteiger partial charge in [0.15, 0.2) is 0 Å². The monoisotopic (exact) mass is 341 g/mol. The van der Waals surface area contributed by atoms with Crippen molar-refractivity contribution in [1.82, 2.24) is 9.88 Å². The molecule has 25 heavy (non-hydrogen) atoms. The van der Waals surface area contributed by atoms with E-state index in [1.165, 1.54) is 12.3 Å². The predicted molar refractivity (Wildman–Crippen MR) is 91.5 cm³/mol. The van der Waals surface area contributed by atoms with Crippen molar-refractivity contribution in [3.8, 4) is 0 Å². The van der Waals surface area contributed by atoms with Gasteiger partial charge in [0.25, 0.3) is 0 Å². The van der Waals surface area contributed by atoms with Gasteiger partial charge in [-0.1, -0.05) is 18.2 Å². The lowest BCUT2D eigenvalue weighted by molar-refractivity contribution is 0.0696. The molecule has 0 spiro atoms. The van der Waals surface area contributed by atoms with Crippen LogP contribution in [-0.4, -0.2) is 47.3 Å². The third kappa shape index (κ3) is 3.61. The number of carbonyl (C=O) groups is 2. The predicted octanol–water partition coefficient (Wildman–Crippen LogP) is 2.37. The number of hydrogen-bond acceptors (Lipinski definition) is 4. The third-order valence-corrected chi connectivity index (χ3v) is 4.10. The molecule has 7 heteroatoms. The van der Waals surface area contributed by atoms with E-state index in [1.807, 2.05) is 24.3 Å². The zero-order valence-corrected chi connectivity index (χ0v) is 13.9. The summed E-state index contributed by atoms with van der Waals surface area (Å²) in [5, 5.41) is 8.96. The number of aromatic carboxylic acids is 1. The summed E-state index contributed by atoms with van der Waals surface area (Å²) in [6.07, 6.45) is 1.31. The highest BCUT2D eigenvalue weighted by Crippen LogP contribution is 2.29. The number of methoxy groups -OCH3 is 1. The lowest BCUT2D eigenvalue weighted by Gasteiger charge is -2.36. The maximum Gasteiger partial charge on any atom is 0.337 e. The van der Waals surface area contributed by atoms with Crippen LogP contribution in [0.2, 0.25) is 0 Å². The number of amides is 2. The highest BCUT2D eigenvalue weighted by Gasteiger charge is 2.30. The van der Waals surface area contributed by atoms with Gasteiger partial charge in [0.05, 0.1) is 30.1 Å². The van der Waals surface area contributed by atoms with Gasteiger partial charge in [-0.2, -0.15) is 0 Å². The zero-order valence-electron chi connectivity index (χ0n) is 13.9. The van der Waals surface area contributed by atoms with E-state index >= 15 is 0 Å². The minimum Gasteiger partial charge on any atom is -0.478 e. The average molecular weight is 341 g/mol. The summed E-state index contributed by atoms with van der Waals surface area (Å²) in [5.41, 5.74) is 2.66. The Morgan fingerprint density at radius 3 is 2.76 bits per heavy atom. The molecule has 0 unspecified atom stereocenters. The first-order valence-corrected chi connectivity index (χ1v) is 7.91. The van der Waals surface area contributed by atoms with Crippen LogP contribution >= 0.6 is 0 Å². The van der Waals surface area contributed by atoms with Gasteiger partial charge in [-0.15, -0.1) is 0 Å². The molecule has 7 nitrogen and oxygen atoms in total. The third-order valence-electron chi connectivity index (χ3n) is 4.10. The van der Waals surface area contributed by atoms with Gasteiger partial charge < -0.3 is 14.7 Å². The van der Waals surface area contributed by atoms with E-state index in [2.05, 4.69) is 4.98 Å². The van der Waals surface area contributed by atoms with Crippen LogP contribution in [0.25, 0.3) is 0 Å². The number of benzene rings is 1. The minimum absolute atomic E-state index is 0.111. The Balaban J connectivity index is 1.87. The fraction of sp³-hybridized carbons (Fsp3) is 0.278. The molecule has 0 bridgehead atoms. The normalized spacial score (nSPS) is 13.7. The van der Waals surface area contributed by atoms with Crippen molar-refractivity contribution in [3.63, 3.8) is 0 Å². The number of anilines is 1. The molecule has 2 aromatic rings. The van der Waals surface area contributed by atoms with Crippen molar-refractivity contribution in [2.75, 3.05) is 25.2 Å². The second kappa shape index (κ2) is 7.31. The summed E-state index contributed by atoms with van der Waals surface area (Å²) < 4.78 is 5.09. The smallest absolute Gasteiger partial charge is 0.337 e. The summed E-state index contributed by atoms with van der Waals surface area (Å²) in [7, 11) is 1.61. The molecule has 2 amide bonds. The standard InChI is InChI=1S/C18H19N3O4/c1-25-9-8-20-11-14-4-2-3-5-16(14)21(18(20)24)12-15-7-6-13(10-19-15)17(22)23/h2-7,10H,8-9,11-12H2,1H3,(H,22,23). The van der Waals surface area contributed by atoms with E-state index in [4.69, 9.17) is 9.84 Å². The maximum absolute atomic E-state index is 12.8. The number of ether oxygens (including phenoxy) is 1. The number of para-hydroxylation sites is 1. The van der Waals surface area contributed by atoms with E-state index in [0.717, 1.165) is 11.3 Å². The van der Waals surface area contributed by atoms with Crippen LogP contribution in [0.3, 0.4) is 0 Å². The lowest BCUT2D eigenvalue weighted by Crippen LogP contribution is -2.47. The highest BCUT2D eigenvalue weighted by atomic mass is 16.5. The Bertz CT molecular complexity index is 776. The molecular formula is C18H19N3O4. The number of rotatable bonds is 6. The van der Waals surface area contributed by atoms with Crippen LogP contribution in [0.1, 0.15) is 21.6 Å². The number of pyridine rings is 1. The molecule has 0 saturated heterocycles. The molecule has 1 aromatic heterocycles. The van der Waals surface area contributed by atoms with Crippen molar-refractivity contribution in [3.05, 3.63) is 59.4 Å². The molecule has 0 aliphatic carbocycles. The number of fused-ring (bicyclic) bond motifs is 1. The average Bonchev–Trinajstić information content (AvgIpc) is 2.63. The van der Waals surface area contributed by atoms with E-state index in [1.54, 1.807) is 23.0 Å². The number of urea groups is 1. The second-order valence-electron chi connectivity index (χ2n) is 5.76. The first-order chi connectivity index (χ1) is 12.1. The van der Waals surface area contributed by atoms with Crippen LogP contribution in [0.5, 0.6) is 0 Å². The van der Waals surface area contributed by atoms with Gasteiger partial charge in [-0.3, -0.25) is 9.88 Å². The SMILES string of the molecule is COCCN1Cc2ccccc2N(Cc2ccc(C(=O)O)cn2)C1=O. The van der Waals surface area contributed by atoms with Gasteiger partial charge in [-0.05, 0) is 23.8 Å². The van der Waals surface area contributed by atoms with Crippen molar-refractivity contribution in [2.45, 2.75) is 13.1 Å². The fourth-order valence-electron chi connectivity index (χ4n) is 2.79. The largest absolute Gasteiger partial charge is 0.478 e. The van der Waals surface area contributed by atoms with E-state index < -0.39 is 5.97 Å². The number of nitrogens with zero attached hydrogens (tertiary/aromatic N) is 3. The molecule has 1 aromatic carbocycles. The van der Waals surface area contributed by atoms with Crippen molar-refractivity contribution in [1.29, 1.82) is 0 Å². The van der Waals surface area contributed by atoms with Crippen LogP contribution in [0, 0.1) is 0 Å². The Morgan fingerprint density at radius 2 is 2.08 bits per heavy atom. The summed E-state index contributed by atoms with van der Waals surface area (Å²) in [4.78, 5) is 31.4. The quantitative estimate of drug-likeness (QED) is 0.872. The number of carboxylic acid groups (broad SMARTS) is 1. The van der Waals surface area contributed by atoms with Gasteiger partial charge in [0, 0.05) is 26.4 Å². The summed E-state index contributed by atoms with van der Waals surface area (Å²) in [5.74, 6) is -1.02. The Hall–Kier alpha value is -2.93. The van der Waals surface area contributed by atoms with E-state index in [0.29, 0.717) is 25.4 Å². The lowest BCUT2D eigenvalue weighted by atomic mass is 10.1. The summed E-state index contributed by atoms with van der Waals surface area (Å²) in [6, 6.07) is 10.8. The zero-order chi connectivity index (χ0) is 17.8. The number of hydrogen-bond donors (Lipinski definition) is 1. The van der Waals surface area contributed by atoms with Crippen LogP contribution in [0.4, 0.5) is 10.5 Å². The number of carbonyl (C=O) groups excluding carboxylic acids is 1. The van der Waals surface area contributed by atoms with Crippen molar-refractivity contribution >= 4 is 17.7 Å². The maximum atomic E-state index is 12.8. The Kier molecular flexibility index (Phi) is 4.95. The van der Waals surface area contributed by atoms with Gasteiger partial charge in [-0.25, -0.2) is 9.59 Å². The van der Waals surface area contributed by atoms with Crippen LogP contribution in [0.15, 0.2) is 42.6 Å². The first kappa shape index (κ1) is 16.9. The summed E-state index contributed by atoms with van der Waals surface area (Å²) >= 11 is 0. The fourth-order valence-corrected chi connectivity index (χ4v) is 2.79. The Morgan fingerprint density at radius 1 is 1.28 bits per heavy atom. The molecule has 0 atom stereocenters. The molecule has 0 fully saturated rings. The molecular weight excluding hydrogens is 322 g/mol. The van der Waals surface area contributed by atoms with Gasteiger partial charge in [0.2, 0.25) is 0 Å². The Labute approximate surface area is 145 Å². The molecule has 0 saturated carbocycles. The second-order valence-corrected chi connectivity index (χ2v) is 5.76. The number of aromatic nitrogens is 1. The first-order valence-electron chi connectivity index (χ1n) is 7.91. The topological polar surface area (TPSA) is 83.0 Å². The molecule has 0 radical (unpaired) electrons. The van der Waals surface area contributed by atoms with E-state index in [-0.39, 0.29) is 18.1 Å². The molecule has 1 aliphatic heterocycles. The van der Waals surface area contributed by atoms with E-state index in [9.17, 15) is 9.59 Å². The van der Waals surface area contributed by atoms with Crippen LogP contribution < -0.4 is 4.90 Å². The number of carboxylic acids is 1. The molecule has 2 heterocycles. The molecule has 3 rings (SSSR count).